The molecule has 2 heterocycles. The quantitative estimate of drug-likeness (QED) is 0.548. The van der Waals surface area contributed by atoms with Gasteiger partial charge in [0.15, 0.2) is 11.2 Å². The van der Waals surface area contributed by atoms with Crippen molar-refractivity contribution in [1.29, 1.82) is 0 Å². The highest BCUT2D eigenvalue weighted by atomic mass is 19.1. The van der Waals surface area contributed by atoms with Crippen LogP contribution in [0.5, 0.6) is 0 Å². The Bertz CT molecular complexity index is 1240. The number of nitrogen functional groups attached to an aromatic ring is 1. The molecule has 0 fully saturated rings. The van der Waals surface area contributed by atoms with E-state index in [4.69, 9.17) is 5.73 Å². The average Bonchev–Trinajstić information content (AvgIpc) is 3.03. The number of fused-ring (bicyclic) bond motifs is 1. The van der Waals surface area contributed by atoms with Gasteiger partial charge in [0, 0.05) is 5.56 Å². The van der Waals surface area contributed by atoms with Gasteiger partial charge in [0.25, 0.3) is 5.56 Å². The number of hydrogen-bond donors (Lipinski definition) is 2. The van der Waals surface area contributed by atoms with Crippen LogP contribution in [0.15, 0.2) is 64.4 Å². The molecule has 7 nitrogen and oxygen atoms in total. The first-order valence-electron chi connectivity index (χ1n) is 7.84. The second kappa shape index (κ2) is 5.99. The number of nitrogens with one attached hydrogen (secondary N) is 1. The van der Waals surface area contributed by atoms with E-state index in [1.807, 2.05) is 0 Å². The fourth-order valence-corrected chi connectivity index (χ4v) is 2.92. The Balaban J connectivity index is 2.02. The molecule has 0 bridgehead atoms. The summed E-state index contributed by atoms with van der Waals surface area (Å²) in [5, 5.41) is 0. The molecule has 0 saturated carbocycles. The molecule has 4 aromatic rings. The summed E-state index contributed by atoms with van der Waals surface area (Å²) < 4.78 is 16.9. The lowest BCUT2D eigenvalue weighted by molar-refractivity contribution is 0.600. The fourth-order valence-electron chi connectivity index (χ4n) is 2.92. The van der Waals surface area contributed by atoms with Crippen LogP contribution in [-0.4, -0.2) is 19.1 Å². The Labute approximate surface area is 146 Å². The number of rotatable bonds is 3. The highest BCUT2D eigenvalue weighted by Gasteiger charge is 2.17. The Kier molecular flexibility index (Phi) is 3.65. The Morgan fingerprint density at radius 2 is 1.81 bits per heavy atom. The molecule has 0 spiro atoms. The molecular formula is C18H14FN5O2. The molecule has 0 aliphatic carbocycles. The number of H-pyrrole nitrogens is 1. The normalized spacial score (nSPS) is 11.1. The third-order valence-electron chi connectivity index (χ3n) is 4.14. The molecule has 4 rings (SSSR count). The van der Waals surface area contributed by atoms with Gasteiger partial charge in [0.1, 0.15) is 5.82 Å². The third-order valence-corrected chi connectivity index (χ3v) is 4.14. The van der Waals surface area contributed by atoms with Crippen LogP contribution in [0.4, 0.5) is 10.1 Å². The molecular weight excluding hydrogens is 337 g/mol. The van der Waals surface area contributed by atoms with E-state index in [1.165, 1.54) is 17.0 Å². The third kappa shape index (κ3) is 2.48. The van der Waals surface area contributed by atoms with Gasteiger partial charge in [-0.15, -0.1) is 0 Å². The van der Waals surface area contributed by atoms with Crippen LogP contribution in [0.2, 0.25) is 0 Å². The molecule has 2 aromatic heterocycles. The first-order chi connectivity index (χ1) is 12.6. The summed E-state index contributed by atoms with van der Waals surface area (Å²) >= 11 is 0. The van der Waals surface area contributed by atoms with Gasteiger partial charge in [-0.05, 0) is 18.2 Å². The second-order valence-electron chi connectivity index (χ2n) is 5.79. The molecule has 3 N–H and O–H groups in total. The first-order valence-corrected chi connectivity index (χ1v) is 7.84. The fraction of sp³-hybridized carbons (Fsp3) is 0.0556. The minimum absolute atomic E-state index is 0.0733. The molecule has 130 valence electrons. The summed E-state index contributed by atoms with van der Waals surface area (Å²) in [6.07, 6.45) is 1.40. The molecule has 26 heavy (non-hydrogen) atoms. The van der Waals surface area contributed by atoms with Crippen LogP contribution >= 0.6 is 0 Å². The number of halogens is 1. The minimum atomic E-state index is -0.643. The van der Waals surface area contributed by atoms with Gasteiger partial charge in [-0.3, -0.25) is 9.78 Å². The zero-order valence-corrected chi connectivity index (χ0v) is 13.5. The van der Waals surface area contributed by atoms with Gasteiger partial charge >= 0.3 is 5.69 Å². The van der Waals surface area contributed by atoms with Crippen molar-refractivity contribution >= 4 is 16.9 Å². The van der Waals surface area contributed by atoms with Crippen molar-refractivity contribution < 1.29 is 4.39 Å². The van der Waals surface area contributed by atoms with E-state index in [0.717, 1.165) is 0 Å². The predicted octanol–water partition coefficient (Wildman–Crippen LogP) is 1.65. The van der Waals surface area contributed by atoms with Crippen LogP contribution in [0.25, 0.3) is 16.9 Å². The molecule has 0 radical (unpaired) electrons. The summed E-state index contributed by atoms with van der Waals surface area (Å²) in [5.41, 5.74) is 6.26. The molecule has 0 unspecified atom stereocenters. The molecule has 2 aromatic carbocycles. The van der Waals surface area contributed by atoms with Crippen molar-refractivity contribution in [2.75, 3.05) is 5.73 Å². The monoisotopic (exact) mass is 351 g/mol. The molecule has 0 atom stereocenters. The summed E-state index contributed by atoms with van der Waals surface area (Å²) in [6, 6.07) is 13.1. The maximum Gasteiger partial charge on any atom is 0.334 e. The number of para-hydroxylation sites is 2. The number of nitrogens with two attached hydrogens (primary N) is 1. The first kappa shape index (κ1) is 15.8. The number of anilines is 1. The Hall–Kier alpha value is -3.68. The van der Waals surface area contributed by atoms with Crippen LogP contribution in [0.1, 0.15) is 5.56 Å². The largest absolute Gasteiger partial charge is 0.397 e. The highest BCUT2D eigenvalue weighted by molar-refractivity contribution is 5.74. The molecule has 0 amide bonds. The summed E-state index contributed by atoms with van der Waals surface area (Å²) in [6.45, 7) is 0.110. The van der Waals surface area contributed by atoms with Crippen molar-refractivity contribution in [3.63, 3.8) is 0 Å². The summed E-state index contributed by atoms with van der Waals surface area (Å²) in [5.74, 6) is -0.382. The average molecular weight is 351 g/mol. The Morgan fingerprint density at radius 3 is 2.58 bits per heavy atom. The van der Waals surface area contributed by atoms with Gasteiger partial charge in [0.2, 0.25) is 0 Å². The smallest absolute Gasteiger partial charge is 0.334 e. The lowest BCUT2D eigenvalue weighted by atomic mass is 10.2. The van der Waals surface area contributed by atoms with Crippen molar-refractivity contribution in [3.8, 4) is 5.69 Å². The standard InChI is InChI=1S/C18H14FN5O2/c19-12-6-2-1-5-11(12)9-23-10-21-15-16(25)22-18(26)24(17(15)23)14-8-4-3-7-13(14)20/h1-8,10H,9,20H2,(H,22,25,26). The van der Waals surface area contributed by atoms with E-state index in [2.05, 4.69) is 9.97 Å². The van der Waals surface area contributed by atoms with Crippen molar-refractivity contribution in [1.82, 2.24) is 19.1 Å². The number of imidazole rings is 1. The van der Waals surface area contributed by atoms with Crippen molar-refractivity contribution in [3.05, 3.63) is 87.1 Å². The molecule has 0 aliphatic heterocycles. The van der Waals surface area contributed by atoms with Crippen molar-refractivity contribution in [2.45, 2.75) is 6.54 Å². The lowest BCUT2D eigenvalue weighted by Gasteiger charge is -2.13. The van der Waals surface area contributed by atoms with Crippen LogP contribution in [-0.2, 0) is 6.54 Å². The van der Waals surface area contributed by atoms with Gasteiger partial charge in [-0.25, -0.2) is 18.7 Å². The maximum atomic E-state index is 14.0. The zero-order chi connectivity index (χ0) is 18.3. The maximum absolute atomic E-state index is 14.0. The number of benzene rings is 2. The van der Waals surface area contributed by atoms with E-state index < -0.39 is 11.2 Å². The van der Waals surface area contributed by atoms with E-state index in [1.54, 1.807) is 47.0 Å². The highest BCUT2D eigenvalue weighted by Crippen LogP contribution is 2.20. The zero-order valence-electron chi connectivity index (χ0n) is 13.5. The molecule has 0 saturated heterocycles. The summed E-state index contributed by atoms with van der Waals surface area (Å²) in [4.78, 5) is 31.0. The van der Waals surface area contributed by atoms with Gasteiger partial charge in [-0.2, -0.15) is 0 Å². The lowest BCUT2D eigenvalue weighted by Crippen LogP contribution is -2.30. The van der Waals surface area contributed by atoms with Crippen molar-refractivity contribution in [2.24, 2.45) is 0 Å². The second-order valence-corrected chi connectivity index (χ2v) is 5.79. The molecule has 0 aliphatic rings. The van der Waals surface area contributed by atoms with Crippen LogP contribution in [0.3, 0.4) is 0 Å². The Morgan fingerprint density at radius 1 is 1.08 bits per heavy atom. The number of hydrogen-bond acceptors (Lipinski definition) is 4. The van der Waals surface area contributed by atoms with Gasteiger partial charge < -0.3 is 10.3 Å². The van der Waals surface area contributed by atoms with E-state index >= 15 is 0 Å². The van der Waals surface area contributed by atoms with Gasteiger partial charge in [-0.1, -0.05) is 30.3 Å². The SMILES string of the molecule is Nc1ccccc1-n1c(=O)[nH]c(=O)c2ncn(Cc3ccccc3F)c21. The van der Waals surface area contributed by atoms with Crippen LogP contribution < -0.4 is 17.0 Å². The van der Waals surface area contributed by atoms with E-state index in [-0.39, 0.29) is 23.5 Å². The van der Waals surface area contributed by atoms with E-state index in [9.17, 15) is 14.0 Å². The molecule has 8 heteroatoms. The number of aromatic amines is 1. The summed E-state index contributed by atoms with van der Waals surface area (Å²) in [7, 11) is 0. The van der Waals surface area contributed by atoms with Crippen LogP contribution in [0, 0.1) is 5.82 Å². The van der Waals surface area contributed by atoms with Gasteiger partial charge in [0.05, 0.1) is 24.2 Å². The number of nitrogens with zero attached hydrogens (tertiary/aromatic N) is 3. The van der Waals surface area contributed by atoms with E-state index in [0.29, 0.717) is 16.9 Å². The predicted molar refractivity (Wildman–Crippen MR) is 95.9 cm³/mol. The minimum Gasteiger partial charge on any atom is -0.397 e. The topological polar surface area (TPSA) is 98.7 Å². The number of aromatic nitrogens is 4.